The lowest BCUT2D eigenvalue weighted by Crippen LogP contribution is -2.35. The van der Waals surface area contributed by atoms with Gasteiger partial charge in [-0.1, -0.05) is 24.3 Å². The summed E-state index contributed by atoms with van der Waals surface area (Å²) in [5.41, 5.74) is 3.23. The van der Waals surface area contributed by atoms with Crippen LogP contribution in [0.15, 0.2) is 42.5 Å². The van der Waals surface area contributed by atoms with Gasteiger partial charge in [0, 0.05) is 23.7 Å². The third-order valence-electron chi connectivity index (χ3n) is 4.59. The molecule has 1 aliphatic rings. The zero-order valence-corrected chi connectivity index (χ0v) is 14.4. The molecular formula is C20H23NO3. The zero-order chi connectivity index (χ0) is 17.1. The van der Waals surface area contributed by atoms with Gasteiger partial charge in [0.05, 0.1) is 14.2 Å². The first-order chi connectivity index (χ1) is 11.7. The highest BCUT2D eigenvalue weighted by atomic mass is 16.5. The molecule has 2 aromatic carbocycles. The molecule has 0 spiro atoms. The van der Waals surface area contributed by atoms with Crippen molar-refractivity contribution in [3.05, 3.63) is 53.6 Å². The molecule has 3 rings (SSSR count). The molecule has 4 heteroatoms. The second-order valence-corrected chi connectivity index (χ2v) is 6.09. The minimum atomic E-state index is 0.139. The van der Waals surface area contributed by atoms with E-state index in [0.29, 0.717) is 12.8 Å². The van der Waals surface area contributed by atoms with Gasteiger partial charge >= 0.3 is 0 Å². The van der Waals surface area contributed by atoms with Crippen LogP contribution < -0.4 is 14.4 Å². The first-order valence-electron chi connectivity index (χ1n) is 8.25. The van der Waals surface area contributed by atoms with Crippen molar-refractivity contribution in [2.45, 2.75) is 32.2 Å². The maximum absolute atomic E-state index is 12.8. The number of hydrogen-bond donors (Lipinski definition) is 0. The SMILES string of the molecule is COc1cccc(OC)c1CCC(=O)N1c2ccccc2CC1C. The largest absolute Gasteiger partial charge is 0.496 e. The van der Waals surface area contributed by atoms with Crippen LogP contribution in [0.3, 0.4) is 0 Å². The Kier molecular flexibility index (Phi) is 4.74. The van der Waals surface area contributed by atoms with Crippen LogP contribution in [0.4, 0.5) is 5.69 Å². The minimum absolute atomic E-state index is 0.139. The van der Waals surface area contributed by atoms with Gasteiger partial charge in [-0.25, -0.2) is 0 Å². The Morgan fingerprint density at radius 2 is 1.75 bits per heavy atom. The molecule has 126 valence electrons. The highest BCUT2D eigenvalue weighted by Gasteiger charge is 2.30. The number of anilines is 1. The molecule has 1 aliphatic heterocycles. The average Bonchev–Trinajstić information content (AvgIpc) is 2.95. The maximum atomic E-state index is 12.8. The molecule has 0 N–H and O–H groups in total. The van der Waals surface area contributed by atoms with E-state index >= 15 is 0 Å². The molecule has 0 bridgehead atoms. The van der Waals surface area contributed by atoms with Gasteiger partial charge in [-0.2, -0.15) is 0 Å². The van der Waals surface area contributed by atoms with Crippen LogP contribution in [0.2, 0.25) is 0 Å². The first kappa shape index (κ1) is 16.4. The van der Waals surface area contributed by atoms with Gasteiger partial charge in [0.2, 0.25) is 5.91 Å². The number of para-hydroxylation sites is 1. The lowest BCUT2D eigenvalue weighted by Gasteiger charge is -2.23. The molecule has 0 aromatic heterocycles. The summed E-state index contributed by atoms with van der Waals surface area (Å²) < 4.78 is 10.8. The lowest BCUT2D eigenvalue weighted by atomic mass is 10.1. The third-order valence-corrected chi connectivity index (χ3v) is 4.59. The maximum Gasteiger partial charge on any atom is 0.227 e. The number of fused-ring (bicyclic) bond motifs is 1. The molecule has 0 aliphatic carbocycles. The van der Waals surface area contributed by atoms with Gasteiger partial charge in [0.15, 0.2) is 0 Å². The number of methoxy groups -OCH3 is 2. The summed E-state index contributed by atoms with van der Waals surface area (Å²) in [4.78, 5) is 14.8. The normalized spacial score (nSPS) is 16.0. The molecule has 24 heavy (non-hydrogen) atoms. The molecule has 0 fully saturated rings. The molecule has 1 atom stereocenters. The van der Waals surface area contributed by atoms with Crippen molar-refractivity contribution in [3.8, 4) is 11.5 Å². The fraction of sp³-hybridized carbons (Fsp3) is 0.350. The Morgan fingerprint density at radius 1 is 1.08 bits per heavy atom. The van der Waals surface area contributed by atoms with E-state index in [2.05, 4.69) is 13.0 Å². The summed E-state index contributed by atoms with van der Waals surface area (Å²) >= 11 is 0. The molecule has 0 radical (unpaired) electrons. The quantitative estimate of drug-likeness (QED) is 0.843. The highest BCUT2D eigenvalue weighted by Crippen LogP contribution is 2.34. The van der Waals surface area contributed by atoms with Gasteiger partial charge in [0.25, 0.3) is 0 Å². The summed E-state index contributed by atoms with van der Waals surface area (Å²) in [5.74, 6) is 1.66. The fourth-order valence-corrected chi connectivity index (χ4v) is 3.47. The number of ether oxygens (including phenoxy) is 2. The van der Waals surface area contributed by atoms with Crippen molar-refractivity contribution in [1.82, 2.24) is 0 Å². The second kappa shape index (κ2) is 6.95. The Bertz CT molecular complexity index is 719. The number of nitrogens with zero attached hydrogens (tertiary/aromatic N) is 1. The van der Waals surface area contributed by atoms with Gasteiger partial charge in [-0.05, 0) is 43.5 Å². The molecule has 1 unspecified atom stereocenters. The molecule has 2 aromatic rings. The molecule has 0 saturated heterocycles. The molecule has 4 nitrogen and oxygen atoms in total. The van der Waals surface area contributed by atoms with Crippen molar-refractivity contribution in [2.75, 3.05) is 19.1 Å². The summed E-state index contributed by atoms with van der Waals surface area (Å²) in [5, 5.41) is 0. The van der Waals surface area contributed by atoms with Crippen molar-refractivity contribution in [2.24, 2.45) is 0 Å². The number of amides is 1. The van der Waals surface area contributed by atoms with E-state index in [9.17, 15) is 4.79 Å². The van der Waals surface area contributed by atoms with Crippen molar-refractivity contribution in [3.63, 3.8) is 0 Å². The van der Waals surface area contributed by atoms with Gasteiger partial charge in [-0.3, -0.25) is 4.79 Å². The average molecular weight is 325 g/mol. The van der Waals surface area contributed by atoms with Crippen LogP contribution in [-0.4, -0.2) is 26.2 Å². The Balaban J connectivity index is 1.77. The van der Waals surface area contributed by atoms with E-state index in [0.717, 1.165) is 29.2 Å². The smallest absolute Gasteiger partial charge is 0.227 e. The van der Waals surface area contributed by atoms with Gasteiger partial charge < -0.3 is 14.4 Å². The molecule has 1 heterocycles. The standard InChI is InChI=1S/C20H23NO3/c1-14-13-15-7-4-5-8-17(15)21(14)20(22)12-11-16-18(23-2)9-6-10-19(16)24-3/h4-10,14H,11-13H2,1-3H3. The number of hydrogen-bond acceptors (Lipinski definition) is 3. The minimum Gasteiger partial charge on any atom is -0.496 e. The van der Waals surface area contributed by atoms with E-state index < -0.39 is 0 Å². The van der Waals surface area contributed by atoms with Crippen LogP contribution in [0.1, 0.15) is 24.5 Å². The number of carbonyl (C=O) groups is 1. The molecular weight excluding hydrogens is 302 g/mol. The Labute approximate surface area is 143 Å². The van der Waals surface area contributed by atoms with Crippen molar-refractivity contribution < 1.29 is 14.3 Å². The Morgan fingerprint density at radius 3 is 2.42 bits per heavy atom. The van der Waals surface area contributed by atoms with Crippen molar-refractivity contribution in [1.29, 1.82) is 0 Å². The van der Waals surface area contributed by atoms with Crippen LogP contribution in [0, 0.1) is 0 Å². The number of rotatable bonds is 5. The third kappa shape index (κ3) is 2.96. The zero-order valence-electron chi connectivity index (χ0n) is 14.4. The van der Waals surface area contributed by atoms with E-state index in [1.54, 1.807) is 14.2 Å². The Hall–Kier alpha value is -2.49. The summed E-state index contributed by atoms with van der Waals surface area (Å²) in [6.45, 7) is 2.10. The lowest BCUT2D eigenvalue weighted by molar-refractivity contribution is -0.118. The summed E-state index contributed by atoms with van der Waals surface area (Å²) in [7, 11) is 3.28. The number of carbonyl (C=O) groups excluding carboxylic acids is 1. The monoisotopic (exact) mass is 325 g/mol. The van der Waals surface area contributed by atoms with Crippen molar-refractivity contribution >= 4 is 11.6 Å². The summed E-state index contributed by atoms with van der Waals surface area (Å²) in [6.07, 6.45) is 1.94. The second-order valence-electron chi connectivity index (χ2n) is 6.09. The number of benzene rings is 2. The highest BCUT2D eigenvalue weighted by molar-refractivity contribution is 5.96. The van der Waals surface area contributed by atoms with E-state index in [4.69, 9.17) is 9.47 Å². The van der Waals surface area contributed by atoms with E-state index in [1.165, 1.54) is 5.56 Å². The fourth-order valence-electron chi connectivity index (χ4n) is 3.47. The molecule has 0 saturated carbocycles. The van der Waals surface area contributed by atoms with E-state index in [1.807, 2.05) is 41.3 Å². The van der Waals surface area contributed by atoms with Crippen LogP contribution >= 0.6 is 0 Å². The predicted octanol–water partition coefficient (Wildman–Crippen LogP) is 3.61. The first-order valence-corrected chi connectivity index (χ1v) is 8.25. The molecule has 1 amide bonds. The van der Waals surface area contributed by atoms with Gasteiger partial charge in [-0.15, -0.1) is 0 Å². The van der Waals surface area contributed by atoms with E-state index in [-0.39, 0.29) is 11.9 Å². The van der Waals surface area contributed by atoms with Crippen LogP contribution in [0.5, 0.6) is 11.5 Å². The van der Waals surface area contributed by atoms with Crippen LogP contribution in [-0.2, 0) is 17.6 Å². The predicted molar refractivity (Wildman–Crippen MR) is 95.0 cm³/mol. The summed E-state index contributed by atoms with van der Waals surface area (Å²) in [6, 6.07) is 14.0. The van der Waals surface area contributed by atoms with Crippen LogP contribution in [0.25, 0.3) is 0 Å². The topological polar surface area (TPSA) is 38.8 Å². The van der Waals surface area contributed by atoms with Gasteiger partial charge in [0.1, 0.15) is 11.5 Å².